The van der Waals surface area contributed by atoms with Crippen molar-refractivity contribution in [1.82, 2.24) is 0 Å². The predicted octanol–water partition coefficient (Wildman–Crippen LogP) is 2.37. The zero-order chi connectivity index (χ0) is 19.8. The maximum atomic E-state index is 10.3. The zero-order valence-corrected chi connectivity index (χ0v) is 16.8. The largest absolute Gasteiger partial charge is 0.486 e. The molecular weight excluding hydrogens is 376 g/mol. The van der Waals surface area contributed by atoms with E-state index in [2.05, 4.69) is 24.3 Å². The third-order valence-electron chi connectivity index (χ3n) is 5.90. The highest BCUT2D eigenvalue weighted by Crippen LogP contribution is 2.40. The summed E-state index contributed by atoms with van der Waals surface area (Å²) >= 11 is 1.66. The summed E-state index contributed by atoms with van der Waals surface area (Å²) in [7, 11) is 0. The van der Waals surface area contributed by atoms with Gasteiger partial charge in [-0.25, -0.2) is 0 Å². The summed E-state index contributed by atoms with van der Waals surface area (Å²) in [6.07, 6.45) is -0.704. The van der Waals surface area contributed by atoms with E-state index >= 15 is 0 Å². The highest BCUT2D eigenvalue weighted by atomic mass is 32.1. The second kappa shape index (κ2) is 8.13. The average molecular weight is 405 g/mol. The Balaban J connectivity index is 1.49. The van der Waals surface area contributed by atoms with Gasteiger partial charge in [0.1, 0.15) is 24.1 Å². The van der Waals surface area contributed by atoms with E-state index in [-0.39, 0.29) is 6.61 Å². The molecule has 4 N–H and O–H groups in total. The fourth-order valence-corrected chi connectivity index (χ4v) is 5.01. The molecular formula is C22H28O5S. The fraction of sp³-hybridized carbons (Fsp3) is 0.545. The van der Waals surface area contributed by atoms with E-state index in [1.807, 2.05) is 13.0 Å². The van der Waals surface area contributed by atoms with E-state index in [0.29, 0.717) is 12.2 Å². The Bertz CT molecular complexity index is 796. The number of aliphatic hydroxyl groups excluding tert-OH is 4. The number of hydrogen-bond donors (Lipinski definition) is 4. The van der Waals surface area contributed by atoms with Crippen LogP contribution < -0.4 is 4.74 Å². The molecule has 1 aromatic heterocycles. The van der Waals surface area contributed by atoms with Crippen LogP contribution in [0.1, 0.15) is 46.1 Å². The van der Waals surface area contributed by atoms with Crippen LogP contribution in [0.15, 0.2) is 30.3 Å². The molecule has 2 aliphatic carbocycles. The number of thiophene rings is 1. The van der Waals surface area contributed by atoms with Gasteiger partial charge in [0.2, 0.25) is 0 Å². The number of hydrogen-bond acceptors (Lipinski definition) is 6. The highest BCUT2D eigenvalue weighted by Gasteiger charge is 2.43. The second-order valence-corrected chi connectivity index (χ2v) is 9.48. The molecule has 28 heavy (non-hydrogen) atoms. The minimum Gasteiger partial charge on any atom is -0.486 e. The van der Waals surface area contributed by atoms with Gasteiger partial charge in [0, 0.05) is 23.8 Å². The van der Waals surface area contributed by atoms with Gasteiger partial charge in [-0.15, -0.1) is 11.3 Å². The van der Waals surface area contributed by atoms with Crippen molar-refractivity contribution in [3.05, 3.63) is 51.2 Å². The van der Waals surface area contributed by atoms with Gasteiger partial charge in [0.05, 0.1) is 11.0 Å². The monoisotopic (exact) mass is 404 g/mol. The highest BCUT2D eigenvalue weighted by molar-refractivity contribution is 7.12. The molecule has 0 unspecified atom stereocenters. The first-order chi connectivity index (χ1) is 13.5. The van der Waals surface area contributed by atoms with Gasteiger partial charge in [-0.3, -0.25) is 0 Å². The Labute approximate surface area is 169 Å². The van der Waals surface area contributed by atoms with Crippen molar-refractivity contribution in [2.24, 2.45) is 5.92 Å². The van der Waals surface area contributed by atoms with Crippen LogP contribution >= 0.6 is 11.3 Å². The van der Waals surface area contributed by atoms with Crippen molar-refractivity contribution in [1.29, 1.82) is 0 Å². The van der Waals surface area contributed by atoms with Crippen LogP contribution in [0.5, 0.6) is 5.75 Å². The van der Waals surface area contributed by atoms with Crippen molar-refractivity contribution in [3.63, 3.8) is 0 Å². The minimum absolute atomic E-state index is 0.256. The lowest BCUT2D eigenvalue weighted by Crippen LogP contribution is -2.56. The lowest BCUT2D eigenvalue weighted by atomic mass is 9.81. The van der Waals surface area contributed by atoms with Gasteiger partial charge < -0.3 is 25.2 Å². The number of aryl methyl sites for hydroxylation is 1. The van der Waals surface area contributed by atoms with Gasteiger partial charge >= 0.3 is 0 Å². The Kier molecular flexibility index (Phi) is 5.76. The molecule has 2 fully saturated rings. The lowest BCUT2D eigenvalue weighted by Gasteiger charge is -2.39. The molecule has 152 valence electrons. The predicted molar refractivity (Wildman–Crippen MR) is 108 cm³/mol. The molecule has 5 nitrogen and oxygen atoms in total. The van der Waals surface area contributed by atoms with E-state index in [1.54, 1.807) is 11.3 Å². The Morgan fingerprint density at radius 2 is 1.75 bits per heavy atom. The van der Waals surface area contributed by atoms with E-state index in [0.717, 1.165) is 22.1 Å². The van der Waals surface area contributed by atoms with Crippen LogP contribution in [0.25, 0.3) is 0 Å². The van der Waals surface area contributed by atoms with E-state index in [1.165, 1.54) is 24.0 Å². The number of ether oxygens (including phenoxy) is 1. The maximum absolute atomic E-state index is 10.3. The standard InChI is InChI=1S/C22H28O5S/c1-12-8-17(27-18-10-16(11-23)20(24)22(26)21(18)25)19(28-12)9-13-2-4-14(5-3-13)15-6-7-15/h2-5,8,15-16,18,20-26H,6-7,9-11H2,1H3/t16-,18-,20-,21+,22+/m1/s1. The molecule has 4 rings (SSSR count). The van der Waals surface area contributed by atoms with Crippen LogP contribution in [0.4, 0.5) is 0 Å². The van der Waals surface area contributed by atoms with Crippen molar-refractivity contribution in [3.8, 4) is 5.75 Å². The molecule has 0 bridgehead atoms. The molecule has 0 amide bonds. The van der Waals surface area contributed by atoms with Gasteiger partial charge in [-0.1, -0.05) is 24.3 Å². The SMILES string of the molecule is Cc1cc(O[C@@H]2C[C@H](CO)[C@@H](O)[C@H](O)[C@H]2O)c(Cc2ccc(C3CC3)cc2)s1. The summed E-state index contributed by atoms with van der Waals surface area (Å²) in [4.78, 5) is 2.19. The molecule has 1 aromatic carbocycles. The van der Waals surface area contributed by atoms with E-state index < -0.39 is 30.3 Å². The average Bonchev–Trinajstić information content (AvgIpc) is 3.47. The number of aliphatic hydroxyl groups is 4. The Morgan fingerprint density at radius 3 is 2.39 bits per heavy atom. The number of rotatable bonds is 6. The summed E-state index contributed by atoms with van der Waals surface area (Å²) in [5, 5.41) is 39.9. The van der Waals surface area contributed by atoms with E-state index in [9.17, 15) is 20.4 Å². The first kappa shape index (κ1) is 19.9. The molecule has 0 radical (unpaired) electrons. The van der Waals surface area contributed by atoms with Crippen molar-refractivity contribution >= 4 is 11.3 Å². The third kappa shape index (κ3) is 4.11. The van der Waals surface area contributed by atoms with Crippen LogP contribution in [-0.2, 0) is 6.42 Å². The smallest absolute Gasteiger partial charge is 0.134 e. The van der Waals surface area contributed by atoms with Crippen LogP contribution in [0, 0.1) is 12.8 Å². The molecule has 0 aliphatic heterocycles. The molecule has 6 heteroatoms. The lowest BCUT2D eigenvalue weighted by molar-refractivity contribution is -0.157. The number of benzene rings is 1. The molecule has 2 aliphatic rings. The first-order valence-electron chi connectivity index (χ1n) is 9.96. The van der Waals surface area contributed by atoms with Gasteiger partial charge in [0.25, 0.3) is 0 Å². The maximum Gasteiger partial charge on any atom is 0.134 e. The molecule has 0 spiro atoms. The second-order valence-electron chi connectivity index (χ2n) is 8.14. The summed E-state index contributed by atoms with van der Waals surface area (Å²) < 4.78 is 6.09. The fourth-order valence-electron chi connectivity index (χ4n) is 4.01. The molecule has 0 saturated heterocycles. The molecule has 5 atom stereocenters. The van der Waals surface area contributed by atoms with Gasteiger partial charge in [-0.05, 0) is 49.3 Å². The molecule has 2 aromatic rings. The molecule has 2 saturated carbocycles. The van der Waals surface area contributed by atoms with Crippen molar-refractivity contribution in [2.75, 3.05) is 6.61 Å². The quantitative estimate of drug-likeness (QED) is 0.594. The minimum atomic E-state index is -1.32. The van der Waals surface area contributed by atoms with Crippen LogP contribution in [0.3, 0.4) is 0 Å². The topological polar surface area (TPSA) is 90.2 Å². The third-order valence-corrected chi connectivity index (χ3v) is 6.93. The first-order valence-corrected chi connectivity index (χ1v) is 10.8. The Hall–Kier alpha value is -1.44. The van der Waals surface area contributed by atoms with Crippen LogP contribution in [-0.4, -0.2) is 51.4 Å². The van der Waals surface area contributed by atoms with Crippen molar-refractivity contribution in [2.45, 2.75) is 62.9 Å². The summed E-state index contributed by atoms with van der Waals surface area (Å²) in [6, 6.07) is 10.7. The summed E-state index contributed by atoms with van der Waals surface area (Å²) in [6.45, 7) is 1.76. The normalized spacial score (nSPS) is 30.4. The Morgan fingerprint density at radius 1 is 1.04 bits per heavy atom. The van der Waals surface area contributed by atoms with Crippen LogP contribution in [0.2, 0.25) is 0 Å². The molecule has 1 heterocycles. The van der Waals surface area contributed by atoms with Crippen molar-refractivity contribution < 1.29 is 25.2 Å². The summed E-state index contributed by atoms with van der Waals surface area (Å²) in [5.74, 6) is 0.936. The van der Waals surface area contributed by atoms with E-state index in [4.69, 9.17) is 4.74 Å². The van der Waals surface area contributed by atoms with Gasteiger partial charge in [0.15, 0.2) is 0 Å². The van der Waals surface area contributed by atoms with Gasteiger partial charge in [-0.2, -0.15) is 0 Å². The zero-order valence-electron chi connectivity index (χ0n) is 16.0. The summed E-state index contributed by atoms with van der Waals surface area (Å²) in [5.41, 5.74) is 2.62.